The van der Waals surface area contributed by atoms with Gasteiger partial charge in [0.2, 0.25) is 5.91 Å². The minimum atomic E-state index is -0.397. The smallest absolute Gasteiger partial charge is 0.251 e. The standard InChI is InChI=1S/C26H36N4O4/c1-3-8-23(31)21(24(32)9-4-2)19-27-12-13-28-14-16-29(17-15-28)22-18-25(33)30(26(22)34)20-10-6-5-7-11-20/h5-7,10-11,19,22,31H,3-4,8-9,12-18H2,1-2H3/b23-21+,27-19+/t22-/m0/s1. The molecule has 2 fully saturated rings. The van der Waals surface area contributed by atoms with Crippen LogP contribution >= 0.6 is 0 Å². The molecule has 2 aliphatic rings. The highest BCUT2D eigenvalue weighted by Crippen LogP contribution is 2.26. The molecule has 0 spiro atoms. The minimum absolute atomic E-state index is 0.0638. The highest BCUT2D eigenvalue weighted by atomic mass is 16.3. The van der Waals surface area contributed by atoms with Crippen LogP contribution in [0.15, 0.2) is 46.7 Å². The van der Waals surface area contributed by atoms with E-state index in [1.165, 1.54) is 11.1 Å². The number of para-hydroxylation sites is 1. The van der Waals surface area contributed by atoms with E-state index in [2.05, 4.69) is 14.8 Å². The number of ketones is 1. The fraction of sp³-hybridized carbons (Fsp3) is 0.538. The second kappa shape index (κ2) is 12.6. The highest BCUT2D eigenvalue weighted by Gasteiger charge is 2.43. The molecule has 0 bridgehead atoms. The molecule has 0 radical (unpaired) electrons. The molecule has 2 saturated heterocycles. The van der Waals surface area contributed by atoms with E-state index < -0.39 is 6.04 Å². The average Bonchev–Trinajstić information content (AvgIpc) is 3.14. The molecule has 1 atom stereocenters. The van der Waals surface area contributed by atoms with Crippen LogP contribution in [0.3, 0.4) is 0 Å². The lowest BCUT2D eigenvalue weighted by Crippen LogP contribution is -2.52. The van der Waals surface area contributed by atoms with Gasteiger partial charge in [0.25, 0.3) is 5.91 Å². The van der Waals surface area contributed by atoms with E-state index in [0.717, 1.165) is 32.5 Å². The number of imide groups is 1. The summed E-state index contributed by atoms with van der Waals surface area (Å²) in [5.74, 6) is -0.229. The number of aliphatic imine (C=N–C) groups is 1. The molecule has 0 aromatic heterocycles. The molecule has 1 aromatic rings. The maximum Gasteiger partial charge on any atom is 0.251 e. The van der Waals surface area contributed by atoms with Gasteiger partial charge < -0.3 is 5.11 Å². The van der Waals surface area contributed by atoms with Gasteiger partial charge in [-0.2, -0.15) is 0 Å². The molecule has 2 aliphatic heterocycles. The quantitative estimate of drug-likeness (QED) is 0.232. The van der Waals surface area contributed by atoms with E-state index in [-0.39, 0.29) is 29.8 Å². The Morgan fingerprint density at radius 1 is 1.06 bits per heavy atom. The molecule has 1 aromatic carbocycles. The van der Waals surface area contributed by atoms with Crippen molar-refractivity contribution in [3.63, 3.8) is 0 Å². The summed E-state index contributed by atoms with van der Waals surface area (Å²) in [5.41, 5.74) is 0.966. The van der Waals surface area contributed by atoms with E-state index in [1.807, 2.05) is 32.0 Å². The molecule has 2 amide bonds. The highest BCUT2D eigenvalue weighted by molar-refractivity contribution is 6.22. The number of piperazine rings is 1. The van der Waals surface area contributed by atoms with E-state index in [0.29, 0.717) is 43.7 Å². The first-order valence-electron chi connectivity index (χ1n) is 12.3. The number of allylic oxidation sites excluding steroid dienone is 2. The normalized spacial score (nSPS) is 20.9. The minimum Gasteiger partial charge on any atom is -0.512 e. The van der Waals surface area contributed by atoms with Gasteiger partial charge in [0.15, 0.2) is 5.78 Å². The van der Waals surface area contributed by atoms with Crippen LogP contribution < -0.4 is 4.90 Å². The van der Waals surface area contributed by atoms with Crippen LogP contribution in [0.5, 0.6) is 0 Å². The lowest BCUT2D eigenvalue weighted by molar-refractivity contribution is -0.123. The summed E-state index contributed by atoms with van der Waals surface area (Å²) in [6.45, 7) is 8.18. The Hall–Kier alpha value is -2.84. The molecule has 184 valence electrons. The van der Waals surface area contributed by atoms with Gasteiger partial charge in [0.05, 0.1) is 30.3 Å². The van der Waals surface area contributed by atoms with Crippen molar-refractivity contribution in [2.24, 2.45) is 4.99 Å². The van der Waals surface area contributed by atoms with E-state index in [9.17, 15) is 19.5 Å². The second-order valence-corrected chi connectivity index (χ2v) is 8.82. The molecule has 1 N–H and O–H groups in total. The van der Waals surface area contributed by atoms with Gasteiger partial charge >= 0.3 is 0 Å². The number of aliphatic hydroxyl groups is 1. The maximum atomic E-state index is 13.0. The molecule has 8 heteroatoms. The van der Waals surface area contributed by atoms with Crippen molar-refractivity contribution in [3.8, 4) is 0 Å². The van der Waals surface area contributed by atoms with Crippen LogP contribution in [-0.2, 0) is 14.4 Å². The number of nitrogens with zero attached hydrogens (tertiary/aromatic N) is 4. The summed E-state index contributed by atoms with van der Waals surface area (Å²) in [7, 11) is 0. The number of carbonyl (C=O) groups excluding carboxylic acids is 3. The third-order valence-corrected chi connectivity index (χ3v) is 6.33. The number of amides is 2. The van der Waals surface area contributed by atoms with Gasteiger partial charge in [-0.3, -0.25) is 29.2 Å². The Kier molecular flexibility index (Phi) is 9.53. The van der Waals surface area contributed by atoms with Crippen LogP contribution in [0.1, 0.15) is 46.0 Å². The number of anilines is 1. The Morgan fingerprint density at radius 3 is 2.38 bits per heavy atom. The molecule has 0 unspecified atom stereocenters. The Bertz CT molecular complexity index is 920. The van der Waals surface area contributed by atoms with Gasteiger partial charge in [0, 0.05) is 51.8 Å². The Balaban J connectivity index is 1.49. The average molecular weight is 469 g/mol. The summed E-state index contributed by atoms with van der Waals surface area (Å²) in [6.07, 6.45) is 4.13. The summed E-state index contributed by atoms with van der Waals surface area (Å²) < 4.78 is 0. The number of rotatable bonds is 11. The SMILES string of the molecule is CCCC(=O)C(/C=N/CCN1CCN([C@H]2CC(=O)N(c3ccccc3)C2=O)CC1)=C(/O)CCC. The lowest BCUT2D eigenvalue weighted by Gasteiger charge is -2.36. The third-order valence-electron chi connectivity index (χ3n) is 6.33. The van der Waals surface area contributed by atoms with Gasteiger partial charge in [0.1, 0.15) is 5.76 Å². The Labute approximate surface area is 201 Å². The lowest BCUT2D eigenvalue weighted by atomic mass is 10.0. The molecule has 2 heterocycles. The number of Topliss-reactive ketones (excluding diaryl/α,β-unsaturated/α-hetero) is 1. The first-order chi connectivity index (χ1) is 16.5. The van der Waals surface area contributed by atoms with Crippen LogP contribution in [0.25, 0.3) is 0 Å². The third kappa shape index (κ3) is 6.39. The fourth-order valence-electron chi connectivity index (χ4n) is 4.44. The molecular weight excluding hydrogens is 432 g/mol. The summed E-state index contributed by atoms with van der Waals surface area (Å²) in [5, 5.41) is 10.2. The zero-order valence-corrected chi connectivity index (χ0v) is 20.3. The van der Waals surface area contributed by atoms with E-state index in [4.69, 9.17) is 0 Å². The molecule has 8 nitrogen and oxygen atoms in total. The summed E-state index contributed by atoms with van der Waals surface area (Å²) in [6, 6.07) is 8.70. The van der Waals surface area contributed by atoms with Crippen molar-refractivity contribution < 1.29 is 19.5 Å². The van der Waals surface area contributed by atoms with Crippen molar-refractivity contribution in [1.82, 2.24) is 9.80 Å². The van der Waals surface area contributed by atoms with Crippen LogP contribution in [0.2, 0.25) is 0 Å². The molecule has 0 saturated carbocycles. The molecule has 0 aliphatic carbocycles. The Morgan fingerprint density at radius 2 is 1.74 bits per heavy atom. The largest absolute Gasteiger partial charge is 0.512 e. The predicted molar refractivity (Wildman–Crippen MR) is 133 cm³/mol. The maximum absolute atomic E-state index is 13.0. The summed E-state index contributed by atoms with van der Waals surface area (Å²) >= 11 is 0. The first kappa shape index (κ1) is 25.8. The topological polar surface area (TPSA) is 93.5 Å². The number of carbonyl (C=O) groups is 3. The predicted octanol–water partition coefficient (Wildman–Crippen LogP) is 2.99. The van der Waals surface area contributed by atoms with Gasteiger partial charge in [-0.15, -0.1) is 0 Å². The number of hydrogen-bond acceptors (Lipinski definition) is 7. The number of aliphatic hydroxyl groups excluding tert-OH is 1. The second-order valence-electron chi connectivity index (χ2n) is 8.82. The molecule has 34 heavy (non-hydrogen) atoms. The van der Waals surface area contributed by atoms with Crippen molar-refractivity contribution in [2.75, 3.05) is 44.2 Å². The van der Waals surface area contributed by atoms with Crippen molar-refractivity contribution in [2.45, 2.75) is 52.0 Å². The first-order valence-corrected chi connectivity index (χ1v) is 12.3. The van der Waals surface area contributed by atoms with Crippen LogP contribution in [0, 0.1) is 0 Å². The number of hydrogen-bond donors (Lipinski definition) is 1. The van der Waals surface area contributed by atoms with E-state index in [1.54, 1.807) is 12.1 Å². The van der Waals surface area contributed by atoms with Crippen molar-refractivity contribution in [1.29, 1.82) is 0 Å². The van der Waals surface area contributed by atoms with Gasteiger partial charge in [-0.05, 0) is 25.0 Å². The van der Waals surface area contributed by atoms with Crippen molar-refractivity contribution in [3.05, 3.63) is 41.7 Å². The monoisotopic (exact) mass is 468 g/mol. The summed E-state index contributed by atoms with van der Waals surface area (Å²) in [4.78, 5) is 47.9. The molecule has 3 rings (SSSR count). The van der Waals surface area contributed by atoms with Crippen LogP contribution in [-0.4, -0.2) is 84.0 Å². The number of benzene rings is 1. The van der Waals surface area contributed by atoms with E-state index >= 15 is 0 Å². The fourth-order valence-corrected chi connectivity index (χ4v) is 4.44. The zero-order valence-electron chi connectivity index (χ0n) is 20.3. The molecular formula is C26H36N4O4. The van der Waals surface area contributed by atoms with Crippen molar-refractivity contribution >= 4 is 29.5 Å². The van der Waals surface area contributed by atoms with Gasteiger partial charge in [-0.1, -0.05) is 32.0 Å². The van der Waals surface area contributed by atoms with Gasteiger partial charge in [-0.25, -0.2) is 4.90 Å². The van der Waals surface area contributed by atoms with Crippen LogP contribution in [0.4, 0.5) is 5.69 Å². The zero-order chi connectivity index (χ0) is 24.5.